The smallest absolute Gasteiger partial charge is 0.255 e. The number of amides is 1. The number of nitrogens with one attached hydrogen (secondary N) is 2. The molecule has 1 amide bonds. The molecule has 0 radical (unpaired) electrons. The van der Waals surface area contributed by atoms with Crippen molar-refractivity contribution >= 4 is 23.1 Å². The van der Waals surface area contributed by atoms with Gasteiger partial charge in [-0.2, -0.15) is 0 Å². The van der Waals surface area contributed by atoms with Gasteiger partial charge in [0.25, 0.3) is 5.91 Å². The molecule has 0 aliphatic heterocycles. The first-order valence-corrected chi connectivity index (χ1v) is 10.3. The van der Waals surface area contributed by atoms with Crippen LogP contribution in [0.5, 0.6) is 0 Å². The first-order chi connectivity index (χ1) is 15.1. The number of anilines is 3. The van der Waals surface area contributed by atoms with E-state index in [0.717, 1.165) is 34.6 Å². The summed E-state index contributed by atoms with van der Waals surface area (Å²) >= 11 is 0. The van der Waals surface area contributed by atoms with Gasteiger partial charge in [0, 0.05) is 28.6 Å². The molecule has 5 nitrogen and oxygen atoms in total. The fourth-order valence-electron chi connectivity index (χ4n) is 3.42. The molecule has 4 rings (SSSR count). The second-order valence-electron chi connectivity index (χ2n) is 7.22. The molecule has 0 saturated heterocycles. The summed E-state index contributed by atoms with van der Waals surface area (Å²) in [6.45, 7) is 3.94. The van der Waals surface area contributed by atoms with Gasteiger partial charge in [-0.25, -0.2) is 9.97 Å². The van der Waals surface area contributed by atoms with Crippen LogP contribution in [0.2, 0.25) is 0 Å². The SMILES string of the molecule is CCc1ccccc1NC(=O)c1cccc(Nc2cc(-c3ccccc3)nc(C)n2)c1. The lowest BCUT2D eigenvalue weighted by Crippen LogP contribution is -2.13. The van der Waals surface area contributed by atoms with E-state index in [-0.39, 0.29) is 5.91 Å². The van der Waals surface area contributed by atoms with E-state index < -0.39 is 0 Å². The highest BCUT2D eigenvalue weighted by Gasteiger charge is 2.10. The van der Waals surface area contributed by atoms with E-state index in [0.29, 0.717) is 17.2 Å². The second-order valence-corrected chi connectivity index (χ2v) is 7.22. The summed E-state index contributed by atoms with van der Waals surface area (Å²) in [5.74, 6) is 1.21. The highest BCUT2D eigenvalue weighted by Crippen LogP contribution is 2.23. The third-order valence-corrected chi connectivity index (χ3v) is 4.95. The van der Waals surface area contributed by atoms with Gasteiger partial charge in [0.1, 0.15) is 11.6 Å². The Morgan fingerprint density at radius 2 is 1.65 bits per heavy atom. The van der Waals surface area contributed by atoms with Crippen molar-refractivity contribution in [3.63, 3.8) is 0 Å². The molecule has 31 heavy (non-hydrogen) atoms. The number of benzene rings is 3. The minimum atomic E-state index is -0.145. The Morgan fingerprint density at radius 1 is 0.871 bits per heavy atom. The van der Waals surface area contributed by atoms with E-state index in [1.54, 1.807) is 6.07 Å². The normalized spacial score (nSPS) is 10.5. The summed E-state index contributed by atoms with van der Waals surface area (Å²) < 4.78 is 0. The summed E-state index contributed by atoms with van der Waals surface area (Å²) in [6.07, 6.45) is 0.856. The quantitative estimate of drug-likeness (QED) is 0.410. The van der Waals surface area contributed by atoms with Crippen LogP contribution in [0.3, 0.4) is 0 Å². The highest BCUT2D eigenvalue weighted by molar-refractivity contribution is 6.05. The minimum absolute atomic E-state index is 0.145. The van der Waals surface area contributed by atoms with Gasteiger partial charge in [0.05, 0.1) is 5.69 Å². The molecule has 154 valence electrons. The van der Waals surface area contributed by atoms with Crippen molar-refractivity contribution in [3.05, 3.63) is 102 Å². The molecule has 1 heterocycles. The van der Waals surface area contributed by atoms with Crippen LogP contribution in [-0.4, -0.2) is 15.9 Å². The molecule has 0 saturated carbocycles. The molecule has 0 aliphatic carbocycles. The average molecular weight is 409 g/mol. The first-order valence-electron chi connectivity index (χ1n) is 10.3. The predicted molar refractivity (Wildman–Crippen MR) is 126 cm³/mol. The highest BCUT2D eigenvalue weighted by atomic mass is 16.1. The molecule has 3 aromatic carbocycles. The molecule has 0 spiro atoms. The van der Waals surface area contributed by atoms with Gasteiger partial charge in [-0.1, -0.05) is 61.5 Å². The third kappa shape index (κ3) is 4.95. The second kappa shape index (κ2) is 9.22. The monoisotopic (exact) mass is 408 g/mol. The molecule has 5 heteroatoms. The average Bonchev–Trinajstić information content (AvgIpc) is 2.80. The van der Waals surface area contributed by atoms with Crippen molar-refractivity contribution in [2.75, 3.05) is 10.6 Å². The zero-order valence-electron chi connectivity index (χ0n) is 17.6. The van der Waals surface area contributed by atoms with Crippen LogP contribution < -0.4 is 10.6 Å². The van der Waals surface area contributed by atoms with Gasteiger partial charge in [-0.15, -0.1) is 0 Å². The molecular formula is C26H24N4O. The van der Waals surface area contributed by atoms with Crippen molar-refractivity contribution in [1.82, 2.24) is 9.97 Å². The Morgan fingerprint density at radius 3 is 2.45 bits per heavy atom. The van der Waals surface area contributed by atoms with E-state index in [4.69, 9.17) is 0 Å². The van der Waals surface area contributed by atoms with E-state index in [1.165, 1.54) is 0 Å². The largest absolute Gasteiger partial charge is 0.340 e. The molecule has 0 atom stereocenters. The predicted octanol–water partition coefficient (Wildman–Crippen LogP) is 6.01. The van der Waals surface area contributed by atoms with E-state index in [2.05, 4.69) is 27.5 Å². The van der Waals surface area contributed by atoms with E-state index in [1.807, 2.05) is 85.8 Å². The summed E-state index contributed by atoms with van der Waals surface area (Å²) in [5, 5.41) is 6.32. The number of rotatable bonds is 6. The number of hydrogen-bond donors (Lipinski definition) is 2. The van der Waals surface area contributed by atoms with Crippen LogP contribution in [0, 0.1) is 6.92 Å². The fourth-order valence-corrected chi connectivity index (χ4v) is 3.42. The number of aromatic nitrogens is 2. The van der Waals surface area contributed by atoms with E-state index >= 15 is 0 Å². The fraction of sp³-hybridized carbons (Fsp3) is 0.115. The summed E-state index contributed by atoms with van der Waals surface area (Å²) in [4.78, 5) is 21.9. The van der Waals surface area contributed by atoms with Crippen molar-refractivity contribution in [2.45, 2.75) is 20.3 Å². The van der Waals surface area contributed by atoms with Crippen molar-refractivity contribution in [2.24, 2.45) is 0 Å². The van der Waals surface area contributed by atoms with Crippen molar-refractivity contribution in [3.8, 4) is 11.3 Å². The molecule has 0 aliphatic rings. The van der Waals surface area contributed by atoms with Crippen LogP contribution in [-0.2, 0) is 6.42 Å². The molecule has 2 N–H and O–H groups in total. The molecule has 4 aromatic rings. The Labute approximate surface area is 182 Å². The zero-order valence-corrected chi connectivity index (χ0v) is 17.6. The van der Waals surface area contributed by atoms with Crippen LogP contribution in [0.15, 0.2) is 84.9 Å². The zero-order chi connectivity index (χ0) is 21.6. The number of para-hydroxylation sites is 1. The lowest BCUT2D eigenvalue weighted by molar-refractivity contribution is 0.102. The number of carbonyl (C=O) groups excluding carboxylic acids is 1. The molecule has 1 aromatic heterocycles. The molecule has 0 fully saturated rings. The summed E-state index contributed by atoms with van der Waals surface area (Å²) in [5.41, 5.74) is 5.18. The van der Waals surface area contributed by atoms with Gasteiger partial charge in [0.15, 0.2) is 0 Å². The maximum atomic E-state index is 12.8. The Hall–Kier alpha value is -3.99. The van der Waals surface area contributed by atoms with Gasteiger partial charge in [-0.3, -0.25) is 4.79 Å². The molecular weight excluding hydrogens is 384 g/mol. The Bertz CT molecular complexity index is 1200. The van der Waals surface area contributed by atoms with Crippen molar-refractivity contribution < 1.29 is 4.79 Å². The molecule has 0 unspecified atom stereocenters. The Balaban J connectivity index is 1.55. The van der Waals surface area contributed by atoms with Crippen LogP contribution >= 0.6 is 0 Å². The topological polar surface area (TPSA) is 66.9 Å². The summed E-state index contributed by atoms with van der Waals surface area (Å²) in [6, 6.07) is 27.1. The number of hydrogen-bond acceptors (Lipinski definition) is 4. The Kier molecular flexibility index (Phi) is 6.03. The van der Waals surface area contributed by atoms with Gasteiger partial charge in [-0.05, 0) is 43.2 Å². The van der Waals surface area contributed by atoms with Gasteiger partial charge in [0.2, 0.25) is 0 Å². The maximum Gasteiger partial charge on any atom is 0.255 e. The van der Waals surface area contributed by atoms with Crippen LogP contribution in [0.4, 0.5) is 17.2 Å². The number of carbonyl (C=O) groups is 1. The lowest BCUT2D eigenvalue weighted by Gasteiger charge is -2.12. The lowest BCUT2D eigenvalue weighted by atomic mass is 10.1. The minimum Gasteiger partial charge on any atom is -0.340 e. The van der Waals surface area contributed by atoms with Gasteiger partial charge < -0.3 is 10.6 Å². The third-order valence-electron chi connectivity index (χ3n) is 4.95. The number of aryl methyl sites for hydroxylation is 2. The van der Waals surface area contributed by atoms with E-state index in [9.17, 15) is 4.79 Å². The van der Waals surface area contributed by atoms with Crippen molar-refractivity contribution in [1.29, 1.82) is 0 Å². The molecule has 0 bridgehead atoms. The van der Waals surface area contributed by atoms with Crippen LogP contribution in [0.1, 0.15) is 28.7 Å². The van der Waals surface area contributed by atoms with Gasteiger partial charge >= 0.3 is 0 Å². The summed E-state index contributed by atoms with van der Waals surface area (Å²) in [7, 11) is 0. The maximum absolute atomic E-state index is 12.8. The standard InChI is InChI=1S/C26H24N4O/c1-3-19-10-7-8-15-23(19)30-26(31)21-13-9-14-22(16-21)29-25-17-24(27-18(2)28-25)20-11-5-4-6-12-20/h4-17H,3H2,1-2H3,(H,30,31)(H,27,28,29). The first kappa shape index (κ1) is 20.3. The van der Waals surface area contributed by atoms with Crippen LogP contribution in [0.25, 0.3) is 11.3 Å². The number of nitrogens with zero attached hydrogens (tertiary/aromatic N) is 2.